The summed E-state index contributed by atoms with van der Waals surface area (Å²) in [6.45, 7) is 2.22. The van der Waals surface area contributed by atoms with Crippen molar-refractivity contribution in [1.29, 1.82) is 5.41 Å². The molecule has 7 N–H and O–H groups in total. The molecule has 1 atom stereocenters. The molecule has 2 aromatic rings. The summed E-state index contributed by atoms with van der Waals surface area (Å²) in [6.07, 6.45) is -4.12. The summed E-state index contributed by atoms with van der Waals surface area (Å²) < 4.78 is 38.1. The number of halogens is 4. The number of rotatable bonds is 12. The number of benzene rings is 2. The molecule has 2 aromatic carbocycles. The van der Waals surface area contributed by atoms with Crippen molar-refractivity contribution in [3.05, 3.63) is 58.1 Å². The molecule has 1 unspecified atom stereocenters. The molecule has 0 aromatic heterocycles. The van der Waals surface area contributed by atoms with Crippen LogP contribution in [0.2, 0.25) is 0 Å². The first-order chi connectivity index (χ1) is 18.6. The van der Waals surface area contributed by atoms with Gasteiger partial charge >= 0.3 is 18.1 Å². The molecule has 40 heavy (non-hydrogen) atoms. The summed E-state index contributed by atoms with van der Waals surface area (Å²) in [5.74, 6) is -3.89. The molecule has 0 fully saturated rings. The Labute approximate surface area is 235 Å². The first-order valence-corrected chi connectivity index (χ1v) is 12.4. The number of hydrogen-bond acceptors (Lipinski definition) is 6. The molecule has 0 heterocycles. The Bertz CT molecular complexity index is 1210. The number of carboxylic acid groups (broad SMARTS) is 2. The van der Waals surface area contributed by atoms with Gasteiger partial charge < -0.3 is 31.3 Å². The number of anilines is 1. The minimum atomic E-state index is -5.08. The van der Waals surface area contributed by atoms with Crippen LogP contribution in [0.15, 0.2) is 46.9 Å². The van der Waals surface area contributed by atoms with Crippen LogP contribution < -0.4 is 21.1 Å². The third-order valence-corrected chi connectivity index (χ3v) is 5.54. The van der Waals surface area contributed by atoms with Gasteiger partial charge in [-0.15, -0.1) is 0 Å². The maximum atomic E-state index is 12.3. The Hall–Kier alpha value is -4.14. The van der Waals surface area contributed by atoms with Crippen LogP contribution in [0.4, 0.5) is 18.9 Å². The molecule has 0 bridgehead atoms. The Morgan fingerprint density at radius 1 is 1.05 bits per heavy atom. The first-order valence-electron chi connectivity index (χ1n) is 11.6. The number of alkyl halides is 3. The van der Waals surface area contributed by atoms with Crippen molar-refractivity contribution in [1.82, 2.24) is 5.32 Å². The van der Waals surface area contributed by atoms with Crippen LogP contribution in [0.1, 0.15) is 49.8 Å². The van der Waals surface area contributed by atoms with Crippen LogP contribution >= 0.6 is 15.9 Å². The molecule has 0 aliphatic heterocycles. The maximum absolute atomic E-state index is 12.3. The number of nitrogen functional groups attached to an aromatic ring is 1. The quantitative estimate of drug-likeness (QED) is 0.0867. The molecule has 0 saturated heterocycles. The number of carbonyl (C=O) groups is 4. The first kappa shape index (κ1) is 33.9. The van der Waals surface area contributed by atoms with E-state index in [1.54, 1.807) is 30.3 Å². The second-order valence-corrected chi connectivity index (χ2v) is 9.05. The number of ether oxygens (including phenoxy) is 1. The van der Waals surface area contributed by atoms with E-state index < -0.39 is 29.9 Å². The molecule has 0 saturated carbocycles. The summed E-state index contributed by atoms with van der Waals surface area (Å²) >= 11 is 3.45. The number of aliphatic carboxylic acids is 2. The van der Waals surface area contributed by atoms with E-state index in [0.717, 1.165) is 5.56 Å². The molecule has 2 amide bonds. The van der Waals surface area contributed by atoms with E-state index in [9.17, 15) is 27.6 Å². The van der Waals surface area contributed by atoms with Gasteiger partial charge in [-0.1, -0.05) is 6.07 Å². The average molecular weight is 633 g/mol. The number of nitrogens with two attached hydrogens (primary N) is 1. The van der Waals surface area contributed by atoms with Crippen molar-refractivity contribution in [2.45, 2.75) is 44.8 Å². The smallest absolute Gasteiger partial charge is 0.490 e. The zero-order chi connectivity index (χ0) is 30.5. The van der Waals surface area contributed by atoms with Crippen molar-refractivity contribution in [2.24, 2.45) is 5.73 Å². The number of nitrogens with one attached hydrogen (secondary N) is 3. The minimum absolute atomic E-state index is 0.0665. The molecule has 15 heteroatoms. The molecule has 11 nitrogen and oxygen atoms in total. The van der Waals surface area contributed by atoms with Gasteiger partial charge in [0.25, 0.3) is 0 Å². The predicted octanol–water partition coefficient (Wildman–Crippen LogP) is 4.21. The minimum Gasteiger partial charge on any atom is -0.492 e. The summed E-state index contributed by atoms with van der Waals surface area (Å²) in [4.78, 5) is 43.8. The summed E-state index contributed by atoms with van der Waals surface area (Å²) in [6, 6.07) is 11.5. The second-order valence-electron chi connectivity index (χ2n) is 8.20. The summed E-state index contributed by atoms with van der Waals surface area (Å²) in [5.41, 5.74) is 7.28. The Kier molecular flexibility index (Phi) is 13.6. The number of carboxylic acids is 2. The zero-order valence-corrected chi connectivity index (χ0v) is 22.8. The summed E-state index contributed by atoms with van der Waals surface area (Å²) in [7, 11) is 0. The monoisotopic (exact) mass is 632 g/mol. The van der Waals surface area contributed by atoms with Gasteiger partial charge in [0, 0.05) is 17.7 Å². The molecular formula is C25H28BrF3N4O7. The van der Waals surface area contributed by atoms with Crippen LogP contribution in [0.5, 0.6) is 5.75 Å². The van der Waals surface area contributed by atoms with E-state index in [0.29, 0.717) is 40.9 Å². The van der Waals surface area contributed by atoms with Crippen LogP contribution in [0.25, 0.3) is 0 Å². The highest BCUT2D eigenvalue weighted by Gasteiger charge is 2.38. The third-order valence-electron chi connectivity index (χ3n) is 4.92. The highest BCUT2D eigenvalue weighted by molar-refractivity contribution is 9.10. The number of amides is 2. The largest absolute Gasteiger partial charge is 0.492 e. The number of carbonyl (C=O) groups excluding carboxylic acids is 2. The molecule has 218 valence electrons. The lowest BCUT2D eigenvalue weighted by Gasteiger charge is -2.16. The highest BCUT2D eigenvalue weighted by Crippen LogP contribution is 2.28. The van der Waals surface area contributed by atoms with Crippen molar-refractivity contribution >= 4 is 51.2 Å². The number of hydrogen-bond donors (Lipinski definition) is 6. The highest BCUT2D eigenvalue weighted by atomic mass is 79.9. The van der Waals surface area contributed by atoms with E-state index in [1.807, 2.05) is 19.1 Å². The lowest BCUT2D eigenvalue weighted by molar-refractivity contribution is -0.192. The van der Waals surface area contributed by atoms with Crippen LogP contribution in [0, 0.1) is 5.41 Å². The number of unbranched alkanes of at least 4 members (excludes halogenated alkanes) is 1. The van der Waals surface area contributed by atoms with Gasteiger partial charge in [0.05, 0.1) is 17.1 Å². The molecule has 0 radical (unpaired) electrons. The molecular weight excluding hydrogens is 605 g/mol. The van der Waals surface area contributed by atoms with Crippen LogP contribution in [-0.4, -0.2) is 52.6 Å². The fraction of sp³-hybridized carbons (Fsp3) is 0.320. The molecule has 0 spiro atoms. The molecule has 2 rings (SSSR count). The zero-order valence-electron chi connectivity index (χ0n) is 21.2. The normalized spacial score (nSPS) is 11.3. The van der Waals surface area contributed by atoms with Gasteiger partial charge in [-0.3, -0.25) is 19.8 Å². The van der Waals surface area contributed by atoms with Crippen LogP contribution in [-0.2, 0) is 19.2 Å². The molecule has 0 aliphatic carbocycles. The second kappa shape index (κ2) is 16.1. The van der Waals surface area contributed by atoms with E-state index in [4.69, 9.17) is 30.9 Å². The molecule has 0 aliphatic rings. The average Bonchev–Trinajstić information content (AvgIpc) is 2.84. The third kappa shape index (κ3) is 13.1. The van der Waals surface area contributed by atoms with Gasteiger partial charge in [0.2, 0.25) is 11.8 Å². The Morgan fingerprint density at radius 3 is 2.15 bits per heavy atom. The predicted molar refractivity (Wildman–Crippen MR) is 142 cm³/mol. The van der Waals surface area contributed by atoms with E-state index in [-0.39, 0.29) is 24.7 Å². The van der Waals surface area contributed by atoms with Crippen molar-refractivity contribution in [2.75, 3.05) is 11.9 Å². The lowest BCUT2D eigenvalue weighted by atomic mass is 10.1. The van der Waals surface area contributed by atoms with Gasteiger partial charge in [0.15, 0.2) is 0 Å². The fourth-order valence-electron chi connectivity index (χ4n) is 2.92. The Morgan fingerprint density at radius 2 is 1.65 bits per heavy atom. The number of amidine groups is 1. The Balaban J connectivity index is 0.00000101. The van der Waals surface area contributed by atoms with Gasteiger partial charge in [-0.25, -0.2) is 4.79 Å². The lowest BCUT2D eigenvalue weighted by Crippen LogP contribution is -2.30. The van der Waals surface area contributed by atoms with Gasteiger partial charge in [0.1, 0.15) is 18.0 Å². The van der Waals surface area contributed by atoms with Crippen LogP contribution in [0.3, 0.4) is 0 Å². The van der Waals surface area contributed by atoms with Gasteiger partial charge in [-0.05, 0) is 77.7 Å². The summed E-state index contributed by atoms with van der Waals surface area (Å²) in [5, 5.41) is 28.6. The van der Waals surface area contributed by atoms with Crippen molar-refractivity contribution in [3.63, 3.8) is 0 Å². The topological polar surface area (TPSA) is 192 Å². The van der Waals surface area contributed by atoms with E-state index in [2.05, 4.69) is 26.6 Å². The van der Waals surface area contributed by atoms with Gasteiger partial charge in [-0.2, -0.15) is 13.2 Å². The maximum Gasteiger partial charge on any atom is 0.490 e. The standard InChI is InChI=1S/C23H27BrN4O5.C2HF3O2/c1-14(16-7-10-19(18(24)12-16)33-11-3-2-4-22(31)32)27-20(29)13-21(30)28-17-8-5-15(6-9-17)23(25)26;3-2(4,5)1(6)7/h5-10,12,14H,2-4,11,13H2,1H3,(H3,25,26)(H,27,29)(H,28,30)(H,31,32);(H,6,7). The van der Waals surface area contributed by atoms with E-state index in [1.165, 1.54) is 0 Å². The fourth-order valence-corrected chi connectivity index (χ4v) is 3.43. The van der Waals surface area contributed by atoms with Crippen molar-refractivity contribution in [3.8, 4) is 5.75 Å². The SMILES string of the molecule is CC(NC(=O)CC(=O)Nc1ccc(C(=N)N)cc1)c1ccc(OCCCCC(=O)O)c(Br)c1.O=C(O)C(F)(F)F. The van der Waals surface area contributed by atoms with Crippen molar-refractivity contribution < 1.29 is 47.3 Å². The van der Waals surface area contributed by atoms with E-state index >= 15 is 0 Å².